The smallest absolute Gasteiger partial charge is 0.252 e. The number of aromatic nitrogens is 1. The van der Waals surface area contributed by atoms with Crippen molar-refractivity contribution in [1.29, 1.82) is 0 Å². The van der Waals surface area contributed by atoms with E-state index in [0.717, 1.165) is 10.9 Å². The number of primary amides is 1. The molecule has 0 aliphatic heterocycles. The van der Waals surface area contributed by atoms with Crippen molar-refractivity contribution < 1.29 is 4.79 Å². The van der Waals surface area contributed by atoms with Crippen LogP contribution in [-0.2, 0) is 0 Å². The molecule has 3 nitrogen and oxygen atoms in total. The largest absolute Gasteiger partial charge is 0.365 e. The van der Waals surface area contributed by atoms with Crippen molar-refractivity contribution in [2.75, 3.05) is 0 Å². The van der Waals surface area contributed by atoms with Crippen LogP contribution in [0.25, 0.3) is 10.9 Å². The monoisotopic (exact) mass is 238 g/mol. The second kappa shape index (κ2) is 2.88. The maximum atomic E-state index is 11.1. The summed E-state index contributed by atoms with van der Waals surface area (Å²) in [6.07, 6.45) is 0. The van der Waals surface area contributed by atoms with E-state index >= 15 is 0 Å². The maximum Gasteiger partial charge on any atom is 0.252 e. The van der Waals surface area contributed by atoms with Crippen LogP contribution >= 0.6 is 15.9 Å². The van der Waals surface area contributed by atoms with Crippen LogP contribution in [0.2, 0.25) is 0 Å². The lowest BCUT2D eigenvalue weighted by Gasteiger charge is -1.91. The molecule has 0 fully saturated rings. The highest BCUT2D eigenvalue weighted by atomic mass is 79.9. The number of carbonyl (C=O) groups excluding carboxylic acids is 1. The molecule has 0 aliphatic rings. The van der Waals surface area contributed by atoms with Gasteiger partial charge < -0.3 is 10.7 Å². The number of hydrogen-bond donors (Lipinski definition) is 2. The van der Waals surface area contributed by atoms with Crippen molar-refractivity contribution in [3.8, 4) is 0 Å². The van der Waals surface area contributed by atoms with Gasteiger partial charge in [-0.3, -0.25) is 4.79 Å². The average molecular weight is 239 g/mol. The minimum absolute atomic E-state index is 0.427. The quantitative estimate of drug-likeness (QED) is 0.785. The van der Waals surface area contributed by atoms with Gasteiger partial charge >= 0.3 is 0 Å². The van der Waals surface area contributed by atoms with E-state index in [9.17, 15) is 4.79 Å². The fourth-order valence-corrected chi connectivity index (χ4v) is 1.97. The molecule has 1 heterocycles. The molecule has 1 aromatic heterocycles. The number of amides is 1. The number of nitrogens with two attached hydrogens (primary N) is 1. The first-order valence-electron chi connectivity index (χ1n) is 3.76. The minimum atomic E-state index is -0.427. The van der Waals surface area contributed by atoms with Crippen LogP contribution in [0.4, 0.5) is 0 Å². The number of fused-ring (bicyclic) bond motifs is 1. The van der Waals surface area contributed by atoms with Gasteiger partial charge in [0.2, 0.25) is 0 Å². The van der Waals surface area contributed by atoms with Crippen LogP contribution in [-0.4, -0.2) is 10.9 Å². The molecule has 0 spiro atoms. The Kier molecular flexibility index (Phi) is 1.84. The molecule has 0 atom stereocenters. The van der Waals surface area contributed by atoms with Crippen molar-refractivity contribution in [1.82, 2.24) is 4.98 Å². The predicted octanol–water partition coefficient (Wildman–Crippen LogP) is 2.03. The summed E-state index contributed by atoms with van der Waals surface area (Å²) < 4.78 is 0.640. The van der Waals surface area contributed by atoms with Crippen molar-refractivity contribution in [3.05, 3.63) is 34.4 Å². The minimum Gasteiger partial charge on any atom is -0.365 e. The lowest BCUT2D eigenvalue weighted by molar-refractivity contribution is 0.100. The molecular weight excluding hydrogens is 232 g/mol. The third-order valence-electron chi connectivity index (χ3n) is 1.91. The first-order valence-corrected chi connectivity index (χ1v) is 4.55. The van der Waals surface area contributed by atoms with Gasteiger partial charge in [0.1, 0.15) is 0 Å². The summed E-state index contributed by atoms with van der Waals surface area (Å²) in [5.41, 5.74) is 6.65. The Hall–Kier alpha value is -1.29. The number of carbonyl (C=O) groups is 1. The third kappa shape index (κ3) is 1.23. The van der Waals surface area contributed by atoms with E-state index in [2.05, 4.69) is 20.9 Å². The summed E-state index contributed by atoms with van der Waals surface area (Å²) in [6, 6.07) is 7.52. The van der Waals surface area contributed by atoms with E-state index < -0.39 is 5.91 Å². The van der Waals surface area contributed by atoms with Gasteiger partial charge in [0.15, 0.2) is 0 Å². The molecule has 1 amide bonds. The number of hydrogen-bond acceptors (Lipinski definition) is 1. The highest BCUT2D eigenvalue weighted by Gasteiger charge is 2.12. The van der Waals surface area contributed by atoms with Gasteiger partial charge in [-0.2, -0.15) is 0 Å². The molecule has 2 rings (SSSR count). The van der Waals surface area contributed by atoms with Gasteiger partial charge in [-0.1, -0.05) is 18.2 Å². The zero-order valence-corrected chi connectivity index (χ0v) is 8.26. The van der Waals surface area contributed by atoms with Crippen molar-refractivity contribution in [2.45, 2.75) is 0 Å². The van der Waals surface area contributed by atoms with Gasteiger partial charge in [-0.15, -0.1) is 0 Å². The Morgan fingerprint density at radius 2 is 2.08 bits per heavy atom. The van der Waals surface area contributed by atoms with E-state index in [4.69, 9.17) is 5.73 Å². The molecule has 0 unspecified atom stereocenters. The molecule has 13 heavy (non-hydrogen) atoms. The highest BCUT2D eigenvalue weighted by molar-refractivity contribution is 9.10. The molecule has 0 radical (unpaired) electrons. The SMILES string of the molecule is NC(=O)c1c(Br)[nH]c2ccccc12. The third-order valence-corrected chi connectivity index (χ3v) is 2.50. The van der Waals surface area contributed by atoms with E-state index in [1.165, 1.54) is 0 Å². The fraction of sp³-hybridized carbons (Fsp3) is 0. The number of benzene rings is 1. The first kappa shape index (κ1) is 8.31. The predicted molar refractivity (Wildman–Crippen MR) is 54.5 cm³/mol. The molecule has 0 saturated carbocycles. The summed E-state index contributed by atoms with van der Waals surface area (Å²) in [4.78, 5) is 14.1. The average Bonchev–Trinajstić information content (AvgIpc) is 2.39. The summed E-state index contributed by atoms with van der Waals surface area (Å²) in [5, 5.41) is 0.849. The van der Waals surface area contributed by atoms with Gasteiger partial charge in [-0.05, 0) is 22.0 Å². The number of halogens is 1. The Labute approximate surface area is 83.1 Å². The standard InChI is InChI=1S/C9H7BrN2O/c10-8-7(9(11)13)5-3-1-2-4-6(5)12-8/h1-4,12H,(H2,11,13). The summed E-state index contributed by atoms with van der Waals surface area (Å²) >= 11 is 3.25. The number of aromatic amines is 1. The highest BCUT2D eigenvalue weighted by Crippen LogP contribution is 2.25. The first-order chi connectivity index (χ1) is 6.20. The number of nitrogens with one attached hydrogen (secondary N) is 1. The van der Waals surface area contributed by atoms with E-state index in [1.54, 1.807) is 0 Å². The second-order valence-corrected chi connectivity index (χ2v) is 3.52. The van der Waals surface area contributed by atoms with Gasteiger partial charge in [0.25, 0.3) is 5.91 Å². The van der Waals surface area contributed by atoms with Crippen molar-refractivity contribution >= 4 is 32.7 Å². The van der Waals surface area contributed by atoms with Gasteiger partial charge in [-0.25, -0.2) is 0 Å². The number of H-pyrrole nitrogens is 1. The van der Waals surface area contributed by atoms with E-state index in [1.807, 2.05) is 24.3 Å². The van der Waals surface area contributed by atoms with Crippen LogP contribution in [0.5, 0.6) is 0 Å². The zero-order chi connectivity index (χ0) is 9.42. The molecule has 4 heteroatoms. The molecule has 2 aromatic rings. The van der Waals surface area contributed by atoms with Crippen LogP contribution in [0, 0.1) is 0 Å². The van der Waals surface area contributed by atoms with Crippen LogP contribution < -0.4 is 5.73 Å². The molecule has 0 bridgehead atoms. The Balaban J connectivity index is 2.86. The summed E-state index contributed by atoms with van der Waals surface area (Å²) in [6.45, 7) is 0. The summed E-state index contributed by atoms with van der Waals surface area (Å²) in [5.74, 6) is -0.427. The van der Waals surface area contributed by atoms with Crippen LogP contribution in [0.15, 0.2) is 28.9 Å². The van der Waals surface area contributed by atoms with Gasteiger partial charge in [0.05, 0.1) is 10.2 Å². The number of para-hydroxylation sites is 1. The van der Waals surface area contributed by atoms with Crippen molar-refractivity contribution in [3.63, 3.8) is 0 Å². The zero-order valence-electron chi connectivity index (χ0n) is 6.67. The van der Waals surface area contributed by atoms with Gasteiger partial charge in [0, 0.05) is 10.9 Å². The van der Waals surface area contributed by atoms with E-state index in [-0.39, 0.29) is 0 Å². The Bertz CT molecular complexity index is 475. The molecular formula is C9H7BrN2O. The van der Waals surface area contributed by atoms with Crippen LogP contribution in [0.1, 0.15) is 10.4 Å². The van der Waals surface area contributed by atoms with Crippen molar-refractivity contribution in [2.24, 2.45) is 5.73 Å². The Morgan fingerprint density at radius 1 is 1.38 bits per heavy atom. The molecule has 1 aromatic carbocycles. The topological polar surface area (TPSA) is 58.9 Å². The normalized spacial score (nSPS) is 10.5. The number of rotatable bonds is 1. The lowest BCUT2D eigenvalue weighted by atomic mass is 10.2. The van der Waals surface area contributed by atoms with Crippen LogP contribution in [0.3, 0.4) is 0 Å². The summed E-state index contributed by atoms with van der Waals surface area (Å²) in [7, 11) is 0. The maximum absolute atomic E-state index is 11.1. The second-order valence-electron chi connectivity index (χ2n) is 2.72. The molecule has 0 aliphatic carbocycles. The molecule has 3 N–H and O–H groups in total. The van der Waals surface area contributed by atoms with E-state index in [0.29, 0.717) is 10.2 Å². The lowest BCUT2D eigenvalue weighted by Crippen LogP contribution is -2.10. The molecule has 66 valence electrons. The fourth-order valence-electron chi connectivity index (χ4n) is 1.35. The molecule has 0 saturated heterocycles. The Morgan fingerprint density at radius 3 is 2.77 bits per heavy atom.